The molecule has 12 heavy (non-hydrogen) atoms. The van der Waals surface area contributed by atoms with Gasteiger partial charge in [-0.1, -0.05) is 18.2 Å². The standard InChI is InChI=1S/C7H7ClN2O2/c1-6(8)4-12-7(11)10-3-2-9-5-10/h2-3,5H,1,4H2. The van der Waals surface area contributed by atoms with Gasteiger partial charge in [-0.15, -0.1) is 0 Å². The van der Waals surface area contributed by atoms with Crippen LogP contribution < -0.4 is 0 Å². The molecule has 1 aromatic rings. The number of nitrogens with zero attached hydrogens (tertiary/aromatic N) is 2. The average Bonchev–Trinajstić information content (AvgIpc) is 2.51. The summed E-state index contributed by atoms with van der Waals surface area (Å²) in [5.41, 5.74) is 0. The van der Waals surface area contributed by atoms with E-state index in [2.05, 4.69) is 11.6 Å². The van der Waals surface area contributed by atoms with Crippen LogP contribution in [0.4, 0.5) is 4.79 Å². The lowest BCUT2D eigenvalue weighted by atomic mass is 10.7. The van der Waals surface area contributed by atoms with E-state index in [1.807, 2.05) is 0 Å². The lowest BCUT2D eigenvalue weighted by Gasteiger charge is -2.01. The second-order valence-corrected chi connectivity index (χ2v) is 2.58. The van der Waals surface area contributed by atoms with E-state index in [-0.39, 0.29) is 11.6 Å². The van der Waals surface area contributed by atoms with Gasteiger partial charge in [0, 0.05) is 17.4 Å². The Morgan fingerprint density at radius 3 is 3.00 bits per heavy atom. The molecule has 0 saturated heterocycles. The molecular formula is C7H7ClN2O2. The van der Waals surface area contributed by atoms with Crippen molar-refractivity contribution in [3.63, 3.8) is 0 Å². The summed E-state index contributed by atoms with van der Waals surface area (Å²) in [7, 11) is 0. The van der Waals surface area contributed by atoms with Crippen molar-refractivity contribution in [2.75, 3.05) is 6.61 Å². The van der Waals surface area contributed by atoms with E-state index in [1.54, 1.807) is 0 Å². The van der Waals surface area contributed by atoms with Gasteiger partial charge in [0.2, 0.25) is 0 Å². The largest absolute Gasteiger partial charge is 0.443 e. The maximum atomic E-state index is 11.0. The van der Waals surface area contributed by atoms with Crippen molar-refractivity contribution in [1.82, 2.24) is 9.55 Å². The summed E-state index contributed by atoms with van der Waals surface area (Å²) in [6.45, 7) is 3.38. The van der Waals surface area contributed by atoms with Crippen LogP contribution in [0.2, 0.25) is 0 Å². The summed E-state index contributed by atoms with van der Waals surface area (Å²) in [6, 6.07) is 0. The molecule has 0 unspecified atom stereocenters. The number of hydrogen-bond acceptors (Lipinski definition) is 3. The quantitative estimate of drug-likeness (QED) is 0.705. The number of hydrogen-bond donors (Lipinski definition) is 0. The average molecular weight is 187 g/mol. The molecule has 0 fully saturated rings. The third-order valence-corrected chi connectivity index (χ3v) is 1.18. The summed E-state index contributed by atoms with van der Waals surface area (Å²) >= 11 is 5.39. The fraction of sp³-hybridized carbons (Fsp3) is 0.143. The highest BCUT2D eigenvalue weighted by molar-refractivity contribution is 6.29. The molecular weight excluding hydrogens is 180 g/mol. The van der Waals surface area contributed by atoms with Gasteiger partial charge in [-0.25, -0.2) is 14.3 Å². The van der Waals surface area contributed by atoms with Gasteiger partial charge in [0.15, 0.2) is 0 Å². The van der Waals surface area contributed by atoms with E-state index in [9.17, 15) is 4.79 Å². The number of imidazole rings is 1. The van der Waals surface area contributed by atoms with Crippen LogP contribution in [0.15, 0.2) is 30.3 Å². The molecule has 1 aromatic heterocycles. The molecule has 64 valence electrons. The fourth-order valence-electron chi connectivity index (χ4n) is 0.582. The van der Waals surface area contributed by atoms with Crippen LogP contribution in [0, 0.1) is 0 Å². The van der Waals surface area contributed by atoms with Crippen molar-refractivity contribution in [2.24, 2.45) is 0 Å². The molecule has 1 rings (SSSR count). The highest BCUT2D eigenvalue weighted by atomic mass is 35.5. The molecule has 0 aromatic carbocycles. The van der Waals surface area contributed by atoms with Crippen molar-refractivity contribution in [3.8, 4) is 0 Å². The minimum Gasteiger partial charge on any atom is -0.443 e. The number of halogens is 1. The van der Waals surface area contributed by atoms with Crippen molar-refractivity contribution < 1.29 is 9.53 Å². The minimum absolute atomic E-state index is 0.0125. The Bertz CT molecular complexity index is 282. The van der Waals surface area contributed by atoms with E-state index in [0.717, 1.165) is 0 Å². The van der Waals surface area contributed by atoms with Gasteiger partial charge in [0.05, 0.1) is 0 Å². The zero-order valence-electron chi connectivity index (χ0n) is 6.24. The lowest BCUT2D eigenvalue weighted by Crippen LogP contribution is -2.12. The van der Waals surface area contributed by atoms with E-state index in [1.165, 1.54) is 23.3 Å². The van der Waals surface area contributed by atoms with Crippen molar-refractivity contribution >= 4 is 17.7 Å². The van der Waals surface area contributed by atoms with E-state index >= 15 is 0 Å². The molecule has 0 N–H and O–H groups in total. The second-order valence-electron chi connectivity index (χ2n) is 2.04. The third-order valence-electron chi connectivity index (χ3n) is 1.07. The number of carbonyl (C=O) groups is 1. The molecule has 1 heterocycles. The van der Waals surface area contributed by atoms with Gasteiger partial charge in [-0.3, -0.25) is 0 Å². The second kappa shape index (κ2) is 3.92. The van der Waals surface area contributed by atoms with Crippen LogP contribution in [0.5, 0.6) is 0 Å². The van der Waals surface area contributed by atoms with Crippen LogP contribution in [0.3, 0.4) is 0 Å². The third kappa shape index (κ3) is 2.39. The molecule has 0 aliphatic rings. The number of carbonyl (C=O) groups excluding carboxylic acids is 1. The molecule has 5 heteroatoms. The zero-order valence-corrected chi connectivity index (χ0v) is 6.99. The monoisotopic (exact) mass is 186 g/mol. The maximum Gasteiger partial charge on any atom is 0.419 e. The van der Waals surface area contributed by atoms with E-state index < -0.39 is 6.09 Å². The lowest BCUT2D eigenvalue weighted by molar-refractivity contribution is 0.159. The van der Waals surface area contributed by atoms with Gasteiger partial charge in [0.1, 0.15) is 12.9 Å². The molecule has 0 amide bonds. The molecule has 0 spiro atoms. The first-order valence-electron chi connectivity index (χ1n) is 3.18. The fourth-order valence-corrected chi connectivity index (χ4v) is 0.636. The first-order valence-corrected chi connectivity index (χ1v) is 3.56. The van der Waals surface area contributed by atoms with Crippen LogP contribution in [-0.4, -0.2) is 22.3 Å². The SMILES string of the molecule is C=C(Cl)COC(=O)n1ccnc1. The van der Waals surface area contributed by atoms with Crippen LogP contribution in [-0.2, 0) is 4.74 Å². The van der Waals surface area contributed by atoms with Crippen molar-refractivity contribution in [1.29, 1.82) is 0 Å². The number of aromatic nitrogens is 2. The van der Waals surface area contributed by atoms with Gasteiger partial charge in [-0.05, 0) is 0 Å². The topological polar surface area (TPSA) is 44.1 Å². The number of rotatable bonds is 2. The first-order chi connectivity index (χ1) is 5.70. The predicted molar refractivity (Wildman–Crippen MR) is 44.0 cm³/mol. The smallest absolute Gasteiger partial charge is 0.419 e. The summed E-state index contributed by atoms with van der Waals surface area (Å²) < 4.78 is 5.91. The Morgan fingerprint density at radius 2 is 2.50 bits per heavy atom. The summed E-state index contributed by atoms with van der Waals surface area (Å²) in [6.07, 6.45) is 3.80. The summed E-state index contributed by atoms with van der Waals surface area (Å²) in [5, 5.41) is 0.281. The molecule has 0 atom stereocenters. The van der Waals surface area contributed by atoms with Crippen LogP contribution in [0.25, 0.3) is 0 Å². The minimum atomic E-state index is -0.519. The summed E-state index contributed by atoms with van der Waals surface area (Å²) in [5.74, 6) is 0. The Kier molecular flexibility index (Phi) is 2.88. The van der Waals surface area contributed by atoms with Crippen molar-refractivity contribution in [3.05, 3.63) is 30.3 Å². The Labute approximate surface area is 74.4 Å². The normalized spacial score (nSPS) is 9.42. The van der Waals surface area contributed by atoms with Gasteiger partial charge < -0.3 is 4.74 Å². The van der Waals surface area contributed by atoms with Crippen molar-refractivity contribution in [2.45, 2.75) is 0 Å². The van der Waals surface area contributed by atoms with Gasteiger partial charge in [0.25, 0.3) is 0 Å². The van der Waals surface area contributed by atoms with E-state index in [4.69, 9.17) is 16.3 Å². The molecule has 0 bridgehead atoms. The Hall–Kier alpha value is -1.29. The molecule has 0 saturated carbocycles. The maximum absolute atomic E-state index is 11.0. The molecule has 0 aliphatic carbocycles. The van der Waals surface area contributed by atoms with Gasteiger partial charge >= 0.3 is 6.09 Å². The van der Waals surface area contributed by atoms with E-state index in [0.29, 0.717) is 0 Å². The van der Waals surface area contributed by atoms with Crippen LogP contribution >= 0.6 is 11.6 Å². The highest BCUT2D eigenvalue weighted by Gasteiger charge is 2.03. The molecule has 4 nitrogen and oxygen atoms in total. The highest BCUT2D eigenvalue weighted by Crippen LogP contribution is 1.98. The first kappa shape index (κ1) is 8.80. The Morgan fingerprint density at radius 1 is 1.75 bits per heavy atom. The van der Waals surface area contributed by atoms with Gasteiger partial charge in [-0.2, -0.15) is 0 Å². The summed E-state index contributed by atoms with van der Waals surface area (Å²) in [4.78, 5) is 14.7. The predicted octanol–water partition coefficient (Wildman–Crippen LogP) is 1.62. The number of ether oxygens (including phenoxy) is 1. The van der Waals surface area contributed by atoms with Crippen LogP contribution in [0.1, 0.15) is 0 Å². The molecule has 0 radical (unpaired) electrons. The molecule has 0 aliphatic heterocycles. The zero-order chi connectivity index (χ0) is 8.97. The Balaban J connectivity index is 2.45.